The summed E-state index contributed by atoms with van der Waals surface area (Å²) in [6.07, 6.45) is 2.50. The Kier molecular flexibility index (Phi) is 4.30. The molecule has 104 valence electrons. The molecule has 0 amide bonds. The van der Waals surface area contributed by atoms with E-state index in [0.29, 0.717) is 18.8 Å². The van der Waals surface area contributed by atoms with Crippen LogP contribution in [-0.2, 0) is 22.4 Å². The summed E-state index contributed by atoms with van der Waals surface area (Å²) in [5, 5.41) is 9.93. The molecular formula is C15H20O4. The molecule has 0 unspecified atom stereocenters. The minimum atomic E-state index is -0.551. The third-order valence-electron chi connectivity index (χ3n) is 3.30. The average molecular weight is 264 g/mol. The summed E-state index contributed by atoms with van der Waals surface area (Å²) in [7, 11) is 0. The van der Waals surface area contributed by atoms with Crippen LogP contribution in [0.15, 0.2) is 12.1 Å². The van der Waals surface area contributed by atoms with Crippen LogP contribution in [0.3, 0.4) is 0 Å². The number of aromatic hydroxyl groups is 1. The highest BCUT2D eigenvalue weighted by Crippen LogP contribution is 2.37. The van der Waals surface area contributed by atoms with Gasteiger partial charge in [0.2, 0.25) is 0 Å². The molecule has 1 aliphatic heterocycles. The van der Waals surface area contributed by atoms with Crippen molar-refractivity contribution in [2.75, 3.05) is 6.61 Å². The van der Waals surface area contributed by atoms with Crippen LogP contribution in [0.4, 0.5) is 0 Å². The molecule has 1 aromatic rings. The van der Waals surface area contributed by atoms with Gasteiger partial charge in [0.1, 0.15) is 11.5 Å². The van der Waals surface area contributed by atoms with E-state index >= 15 is 0 Å². The second-order valence-electron chi connectivity index (χ2n) is 4.70. The quantitative estimate of drug-likeness (QED) is 0.849. The van der Waals surface area contributed by atoms with Gasteiger partial charge >= 0.3 is 5.97 Å². The van der Waals surface area contributed by atoms with Crippen LogP contribution in [0, 0.1) is 0 Å². The van der Waals surface area contributed by atoms with Crippen LogP contribution in [0.1, 0.15) is 37.8 Å². The van der Waals surface area contributed by atoms with Crippen LogP contribution in [0.5, 0.6) is 11.5 Å². The smallest absolute Gasteiger partial charge is 0.347 e. The average Bonchev–Trinajstić information content (AvgIpc) is 2.42. The van der Waals surface area contributed by atoms with Crippen molar-refractivity contribution in [3.8, 4) is 11.5 Å². The third-order valence-corrected chi connectivity index (χ3v) is 3.30. The molecule has 4 heteroatoms. The fourth-order valence-electron chi connectivity index (χ4n) is 2.39. The molecule has 19 heavy (non-hydrogen) atoms. The van der Waals surface area contributed by atoms with Gasteiger partial charge in [-0.2, -0.15) is 0 Å². The molecule has 1 aliphatic rings. The van der Waals surface area contributed by atoms with E-state index in [2.05, 4.69) is 0 Å². The molecule has 1 heterocycles. The van der Waals surface area contributed by atoms with Gasteiger partial charge in [0.05, 0.1) is 6.61 Å². The zero-order valence-corrected chi connectivity index (χ0v) is 11.4. The Hall–Kier alpha value is -1.71. The Morgan fingerprint density at radius 2 is 2.26 bits per heavy atom. The van der Waals surface area contributed by atoms with E-state index in [0.717, 1.165) is 30.4 Å². The van der Waals surface area contributed by atoms with E-state index in [1.165, 1.54) is 0 Å². The number of rotatable bonds is 4. The summed E-state index contributed by atoms with van der Waals surface area (Å²) in [4.78, 5) is 11.8. The molecule has 0 saturated heterocycles. The van der Waals surface area contributed by atoms with Crippen molar-refractivity contribution in [3.05, 3.63) is 23.3 Å². The Labute approximate surface area is 113 Å². The van der Waals surface area contributed by atoms with E-state index in [-0.39, 0.29) is 11.7 Å². The number of esters is 1. The van der Waals surface area contributed by atoms with Gasteiger partial charge in [0, 0.05) is 5.56 Å². The molecular weight excluding hydrogens is 244 g/mol. The first-order chi connectivity index (χ1) is 9.17. The standard InChI is InChI=1S/C15H20O4/c1-3-5-11-12(16)8-6-10-7-9-13(19-14(10)11)15(17)18-4-2/h6,8,13,16H,3-5,7,9H2,1-2H3/t13-/m1/s1. The SMILES string of the molecule is CCCc1c(O)ccc2c1O[C@@H](C(=O)OCC)CC2. The molecule has 0 fully saturated rings. The minimum absolute atomic E-state index is 0.241. The fraction of sp³-hybridized carbons (Fsp3) is 0.533. The number of hydrogen-bond donors (Lipinski definition) is 1. The Morgan fingerprint density at radius 1 is 1.47 bits per heavy atom. The summed E-state index contributed by atoms with van der Waals surface area (Å²) in [6.45, 7) is 4.18. The van der Waals surface area contributed by atoms with Crippen LogP contribution >= 0.6 is 0 Å². The highest BCUT2D eigenvalue weighted by atomic mass is 16.6. The van der Waals surface area contributed by atoms with Gasteiger partial charge in [-0.05, 0) is 37.8 Å². The van der Waals surface area contributed by atoms with Gasteiger partial charge in [-0.25, -0.2) is 4.79 Å². The first-order valence-electron chi connectivity index (χ1n) is 6.84. The monoisotopic (exact) mass is 264 g/mol. The molecule has 0 aliphatic carbocycles. The highest BCUT2D eigenvalue weighted by Gasteiger charge is 2.29. The molecule has 0 spiro atoms. The Bertz CT molecular complexity index is 467. The molecule has 0 aromatic heterocycles. The predicted octanol–water partition coefficient (Wildman–Crippen LogP) is 2.60. The molecule has 1 atom stereocenters. The van der Waals surface area contributed by atoms with Crippen molar-refractivity contribution in [2.24, 2.45) is 0 Å². The number of aryl methyl sites for hydroxylation is 1. The first kappa shape index (κ1) is 13.7. The van der Waals surface area contributed by atoms with E-state index in [1.54, 1.807) is 13.0 Å². The first-order valence-corrected chi connectivity index (χ1v) is 6.84. The number of carbonyl (C=O) groups is 1. The van der Waals surface area contributed by atoms with Crippen LogP contribution in [0.25, 0.3) is 0 Å². The summed E-state index contributed by atoms with van der Waals surface area (Å²) >= 11 is 0. The molecule has 4 nitrogen and oxygen atoms in total. The van der Waals surface area contributed by atoms with Crippen molar-refractivity contribution < 1.29 is 19.4 Å². The number of carbonyl (C=O) groups excluding carboxylic acids is 1. The van der Waals surface area contributed by atoms with Crippen LogP contribution in [0.2, 0.25) is 0 Å². The Balaban J connectivity index is 2.27. The number of hydrogen-bond acceptors (Lipinski definition) is 4. The zero-order valence-electron chi connectivity index (χ0n) is 11.4. The minimum Gasteiger partial charge on any atom is -0.508 e. The van der Waals surface area contributed by atoms with Crippen molar-refractivity contribution >= 4 is 5.97 Å². The number of ether oxygens (including phenoxy) is 2. The van der Waals surface area contributed by atoms with Crippen molar-refractivity contribution in [1.29, 1.82) is 0 Å². The van der Waals surface area contributed by atoms with E-state index in [9.17, 15) is 9.90 Å². The number of benzene rings is 1. The Morgan fingerprint density at radius 3 is 2.95 bits per heavy atom. The van der Waals surface area contributed by atoms with Gasteiger partial charge in [-0.15, -0.1) is 0 Å². The molecule has 0 saturated carbocycles. The molecule has 1 N–H and O–H groups in total. The van der Waals surface area contributed by atoms with Gasteiger partial charge in [-0.3, -0.25) is 0 Å². The van der Waals surface area contributed by atoms with Gasteiger partial charge < -0.3 is 14.6 Å². The summed E-state index contributed by atoms with van der Waals surface area (Å²) in [5.74, 6) is 0.593. The largest absolute Gasteiger partial charge is 0.508 e. The second-order valence-corrected chi connectivity index (χ2v) is 4.70. The molecule has 2 rings (SSSR count). The van der Waals surface area contributed by atoms with Crippen molar-refractivity contribution in [1.82, 2.24) is 0 Å². The molecule has 0 radical (unpaired) electrons. The third kappa shape index (κ3) is 2.83. The summed E-state index contributed by atoms with van der Waals surface area (Å²) in [5.41, 5.74) is 1.86. The molecule has 1 aromatic carbocycles. The maximum absolute atomic E-state index is 11.8. The normalized spacial score (nSPS) is 17.5. The highest BCUT2D eigenvalue weighted by molar-refractivity contribution is 5.76. The van der Waals surface area contributed by atoms with Gasteiger partial charge in [-0.1, -0.05) is 19.4 Å². The lowest BCUT2D eigenvalue weighted by Gasteiger charge is -2.27. The van der Waals surface area contributed by atoms with Crippen molar-refractivity contribution in [2.45, 2.75) is 45.6 Å². The van der Waals surface area contributed by atoms with Crippen LogP contribution in [-0.4, -0.2) is 23.8 Å². The predicted molar refractivity (Wildman–Crippen MR) is 71.5 cm³/mol. The second kappa shape index (κ2) is 5.95. The summed E-state index contributed by atoms with van der Waals surface area (Å²) < 4.78 is 10.8. The maximum Gasteiger partial charge on any atom is 0.347 e. The zero-order chi connectivity index (χ0) is 13.8. The number of fused-ring (bicyclic) bond motifs is 1. The van der Waals surface area contributed by atoms with E-state index < -0.39 is 6.10 Å². The van der Waals surface area contributed by atoms with E-state index in [4.69, 9.17) is 9.47 Å². The van der Waals surface area contributed by atoms with Crippen LogP contribution < -0.4 is 4.74 Å². The lowest BCUT2D eigenvalue weighted by atomic mass is 9.96. The fourth-order valence-corrected chi connectivity index (χ4v) is 2.39. The van der Waals surface area contributed by atoms with Crippen molar-refractivity contribution in [3.63, 3.8) is 0 Å². The number of phenolic OH excluding ortho intramolecular Hbond substituents is 1. The lowest BCUT2D eigenvalue weighted by molar-refractivity contribution is -0.152. The van der Waals surface area contributed by atoms with Gasteiger partial charge in [0.25, 0.3) is 0 Å². The van der Waals surface area contributed by atoms with Gasteiger partial charge in [0.15, 0.2) is 6.10 Å². The maximum atomic E-state index is 11.8. The van der Waals surface area contributed by atoms with E-state index in [1.807, 2.05) is 13.0 Å². The number of phenols is 1. The molecule has 0 bridgehead atoms. The topological polar surface area (TPSA) is 55.8 Å². The summed E-state index contributed by atoms with van der Waals surface area (Å²) in [6, 6.07) is 3.57. The lowest BCUT2D eigenvalue weighted by Crippen LogP contribution is -2.33.